The van der Waals surface area contributed by atoms with Crippen LogP contribution >= 0.6 is 11.3 Å². The van der Waals surface area contributed by atoms with Gasteiger partial charge in [0.15, 0.2) is 0 Å². The van der Waals surface area contributed by atoms with Gasteiger partial charge in [-0.05, 0) is 38.0 Å². The first kappa shape index (κ1) is 9.79. The van der Waals surface area contributed by atoms with Gasteiger partial charge in [-0.3, -0.25) is 4.98 Å². The normalized spacial score (nSPS) is 11.4. The van der Waals surface area contributed by atoms with Gasteiger partial charge in [0.1, 0.15) is 0 Å². The monoisotopic (exact) mass is 227 g/mol. The molecule has 0 amide bonds. The van der Waals surface area contributed by atoms with E-state index in [2.05, 4.69) is 44.0 Å². The van der Waals surface area contributed by atoms with Crippen LogP contribution in [0.4, 0.5) is 0 Å². The van der Waals surface area contributed by atoms with Gasteiger partial charge < -0.3 is 0 Å². The number of fused-ring (bicyclic) bond motifs is 3. The van der Waals surface area contributed by atoms with Crippen LogP contribution in [0.5, 0.6) is 0 Å². The van der Waals surface area contributed by atoms with Gasteiger partial charge in [-0.1, -0.05) is 12.1 Å². The molecule has 3 rings (SSSR count). The van der Waals surface area contributed by atoms with Crippen molar-refractivity contribution < 1.29 is 0 Å². The van der Waals surface area contributed by atoms with Gasteiger partial charge in [-0.15, -0.1) is 11.3 Å². The molecule has 0 bridgehead atoms. The Morgan fingerprint density at radius 3 is 2.75 bits per heavy atom. The fraction of sp³-hybridized carbons (Fsp3) is 0.214. The van der Waals surface area contributed by atoms with E-state index in [1.54, 1.807) is 0 Å². The van der Waals surface area contributed by atoms with E-state index in [4.69, 9.17) is 0 Å². The SMILES string of the molecule is Cc1ccc2c(c1)ncc1sc(C)c(C)c12. The molecule has 0 unspecified atom stereocenters. The first-order valence-corrected chi connectivity index (χ1v) is 6.23. The van der Waals surface area contributed by atoms with Crippen LogP contribution < -0.4 is 0 Å². The van der Waals surface area contributed by atoms with Crippen LogP contribution in [0.25, 0.3) is 21.0 Å². The van der Waals surface area contributed by atoms with Gasteiger partial charge in [0.2, 0.25) is 0 Å². The van der Waals surface area contributed by atoms with Crippen molar-refractivity contribution in [2.45, 2.75) is 20.8 Å². The van der Waals surface area contributed by atoms with Gasteiger partial charge >= 0.3 is 0 Å². The van der Waals surface area contributed by atoms with E-state index in [0.717, 1.165) is 5.52 Å². The van der Waals surface area contributed by atoms with E-state index in [9.17, 15) is 0 Å². The van der Waals surface area contributed by atoms with Crippen molar-refractivity contribution in [3.05, 3.63) is 40.4 Å². The molecule has 2 heterocycles. The van der Waals surface area contributed by atoms with E-state index in [0.29, 0.717) is 0 Å². The van der Waals surface area contributed by atoms with E-state index in [1.807, 2.05) is 17.5 Å². The smallest absolute Gasteiger partial charge is 0.0711 e. The molecule has 0 saturated carbocycles. The standard InChI is InChI=1S/C14H13NS/c1-8-4-5-11-12(6-8)15-7-13-14(11)9(2)10(3)16-13/h4-7H,1-3H3. The largest absolute Gasteiger partial charge is 0.255 e. The minimum atomic E-state index is 1.10. The molecule has 0 N–H and O–H groups in total. The minimum absolute atomic E-state index is 1.10. The molecule has 2 heteroatoms. The molecular formula is C14H13NS. The molecular weight excluding hydrogens is 214 g/mol. The molecule has 80 valence electrons. The summed E-state index contributed by atoms with van der Waals surface area (Å²) in [6.45, 7) is 6.49. The van der Waals surface area contributed by atoms with Crippen molar-refractivity contribution in [1.82, 2.24) is 4.98 Å². The van der Waals surface area contributed by atoms with Crippen molar-refractivity contribution in [1.29, 1.82) is 0 Å². The third kappa shape index (κ3) is 1.26. The molecule has 0 saturated heterocycles. The Morgan fingerprint density at radius 1 is 1.12 bits per heavy atom. The Balaban J connectivity index is 2.57. The fourth-order valence-corrected chi connectivity index (χ4v) is 3.22. The number of aromatic nitrogens is 1. The number of aryl methyl sites for hydroxylation is 3. The average molecular weight is 227 g/mol. The van der Waals surface area contributed by atoms with Gasteiger partial charge in [0.25, 0.3) is 0 Å². The van der Waals surface area contributed by atoms with Crippen LogP contribution in [0.3, 0.4) is 0 Å². The molecule has 0 radical (unpaired) electrons. The molecule has 0 aliphatic heterocycles. The summed E-state index contributed by atoms with van der Waals surface area (Å²) >= 11 is 1.84. The maximum atomic E-state index is 4.54. The summed E-state index contributed by atoms with van der Waals surface area (Å²) in [5.74, 6) is 0. The van der Waals surface area contributed by atoms with Crippen LogP contribution in [-0.4, -0.2) is 4.98 Å². The summed E-state index contributed by atoms with van der Waals surface area (Å²) in [5.41, 5.74) is 3.77. The summed E-state index contributed by atoms with van der Waals surface area (Å²) in [4.78, 5) is 5.93. The maximum absolute atomic E-state index is 4.54. The third-order valence-corrected chi connectivity index (χ3v) is 4.30. The molecule has 0 atom stereocenters. The number of hydrogen-bond donors (Lipinski definition) is 0. The van der Waals surface area contributed by atoms with Crippen LogP contribution in [0.15, 0.2) is 24.4 Å². The van der Waals surface area contributed by atoms with Gasteiger partial charge in [-0.25, -0.2) is 0 Å². The summed E-state index contributed by atoms with van der Waals surface area (Å²) in [7, 11) is 0. The number of hydrogen-bond acceptors (Lipinski definition) is 2. The lowest BCUT2D eigenvalue weighted by atomic mass is 10.1. The van der Waals surface area contributed by atoms with Crippen LogP contribution in [0.1, 0.15) is 16.0 Å². The Labute approximate surface area is 98.7 Å². The first-order chi connectivity index (χ1) is 7.66. The number of nitrogens with zero attached hydrogens (tertiary/aromatic N) is 1. The van der Waals surface area contributed by atoms with Gasteiger partial charge in [0.05, 0.1) is 10.2 Å². The highest BCUT2D eigenvalue weighted by Crippen LogP contribution is 2.34. The lowest BCUT2D eigenvalue weighted by molar-refractivity contribution is 1.41. The van der Waals surface area contributed by atoms with Crippen molar-refractivity contribution in [3.8, 4) is 0 Å². The lowest BCUT2D eigenvalue weighted by Gasteiger charge is -2.01. The Kier molecular flexibility index (Phi) is 2.01. The molecule has 2 aromatic heterocycles. The highest BCUT2D eigenvalue weighted by Gasteiger charge is 2.09. The van der Waals surface area contributed by atoms with Crippen molar-refractivity contribution in [2.75, 3.05) is 0 Å². The van der Waals surface area contributed by atoms with Gasteiger partial charge in [0, 0.05) is 21.8 Å². The first-order valence-electron chi connectivity index (χ1n) is 5.42. The van der Waals surface area contributed by atoms with Crippen LogP contribution in [0.2, 0.25) is 0 Å². The maximum Gasteiger partial charge on any atom is 0.0711 e. The molecule has 0 aliphatic rings. The molecule has 0 aliphatic carbocycles. The lowest BCUT2D eigenvalue weighted by Crippen LogP contribution is -1.82. The Bertz CT molecular complexity index is 695. The summed E-state index contributed by atoms with van der Waals surface area (Å²) < 4.78 is 1.30. The van der Waals surface area contributed by atoms with Crippen molar-refractivity contribution in [2.24, 2.45) is 0 Å². The van der Waals surface area contributed by atoms with E-state index in [1.165, 1.54) is 31.5 Å². The zero-order chi connectivity index (χ0) is 11.3. The molecule has 16 heavy (non-hydrogen) atoms. The highest BCUT2D eigenvalue weighted by molar-refractivity contribution is 7.19. The molecule has 0 spiro atoms. The van der Waals surface area contributed by atoms with Crippen molar-refractivity contribution >= 4 is 32.3 Å². The van der Waals surface area contributed by atoms with Crippen LogP contribution in [0, 0.1) is 20.8 Å². The number of benzene rings is 1. The summed E-state index contributed by atoms with van der Waals surface area (Å²) in [6.07, 6.45) is 2.00. The molecule has 1 nitrogen and oxygen atoms in total. The van der Waals surface area contributed by atoms with Crippen LogP contribution in [-0.2, 0) is 0 Å². The fourth-order valence-electron chi connectivity index (χ4n) is 2.17. The number of pyridine rings is 1. The predicted molar refractivity (Wildman–Crippen MR) is 71.3 cm³/mol. The topological polar surface area (TPSA) is 12.9 Å². The van der Waals surface area contributed by atoms with Gasteiger partial charge in [-0.2, -0.15) is 0 Å². The number of thiophene rings is 1. The highest BCUT2D eigenvalue weighted by atomic mass is 32.1. The Morgan fingerprint density at radius 2 is 1.94 bits per heavy atom. The second-order valence-electron chi connectivity index (χ2n) is 4.30. The summed E-state index contributed by atoms with van der Waals surface area (Å²) in [6, 6.07) is 6.51. The van der Waals surface area contributed by atoms with E-state index in [-0.39, 0.29) is 0 Å². The zero-order valence-electron chi connectivity index (χ0n) is 9.66. The minimum Gasteiger partial charge on any atom is -0.255 e. The number of rotatable bonds is 0. The second kappa shape index (κ2) is 3.29. The molecule has 0 fully saturated rings. The average Bonchev–Trinajstić information content (AvgIpc) is 2.55. The van der Waals surface area contributed by atoms with Crippen molar-refractivity contribution in [3.63, 3.8) is 0 Å². The predicted octanol–water partition coefficient (Wildman–Crippen LogP) is 4.37. The van der Waals surface area contributed by atoms with E-state index >= 15 is 0 Å². The quantitative estimate of drug-likeness (QED) is 0.555. The Hall–Kier alpha value is -1.41. The molecule has 1 aromatic carbocycles. The second-order valence-corrected chi connectivity index (χ2v) is 5.56. The van der Waals surface area contributed by atoms with E-state index < -0.39 is 0 Å². The third-order valence-electron chi connectivity index (χ3n) is 3.16. The summed E-state index contributed by atoms with van der Waals surface area (Å²) in [5, 5.41) is 2.66. The zero-order valence-corrected chi connectivity index (χ0v) is 10.5. The molecule has 3 aromatic rings.